The summed E-state index contributed by atoms with van der Waals surface area (Å²) < 4.78 is 10.0. The molecule has 1 aromatic rings. The van der Waals surface area contributed by atoms with Crippen LogP contribution in [0.3, 0.4) is 0 Å². The Morgan fingerprint density at radius 1 is 1.10 bits per heavy atom. The van der Waals surface area contributed by atoms with Crippen molar-refractivity contribution in [3.8, 4) is 0 Å². The molecule has 104 valence electrons. The van der Waals surface area contributed by atoms with Gasteiger partial charge in [0, 0.05) is 30.0 Å². The highest BCUT2D eigenvalue weighted by Gasteiger charge is 2.34. The second-order valence-corrected chi connectivity index (χ2v) is 4.37. The van der Waals surface area contributed by atoms with Crippen molar-refractivity contribution in [2.75, 3.05) is 14.2 Å². The van der Waals surface area contributed by atoms with Crippen LogP contribution in [0.15, 0.2) is 47.2 Å². The van der Waals surface area contributed by atoms with E-state index >= 15 is 0 Å². The van der Waals surface area contributed by atoms with Crippen molar-refractivity contribution in [2.45, 2.75) is 13.3 Å². The van der Waals surface area contributed by atoms with Gasteiger partial charge in [0.15, 0.2) is 0 Å². The summed E-state index contributed by atoms with van der Waals surface area (Å²) in [5.74, 6) is -0.708. The van der Waals surface area contributed by atoms with Crippen LogP contribution in [0.4, 0.5) is 0 Å². The molecule has 0 saturated carbocycles. The molecule has 0 radical (unpaired) electrons. The molecule has 0 amide bonds. The van der Waals surface area contributed by atoms with Crippen LogP contribution in [0, 0.1) is 0 Å². The Kier molecular flexibility index (Phi) is 3.98. The van der Waals surface area contributed by atoms with Gasteiger partial charge in [-0.3, -0.25) is 14.6 Å². The zero-order valence-corrected chi connectivity index (χ0v) is 11.6. The molecular formula is C15H15NO4. The van der Waals surface area contributed by atoms with Gasteiger partial charge in [-0.2, -0.15) is 0 Å². The summed E-state index contributed by atoms with van der Waals surface area (Å²) in [7, 11) is 2.70. The van der Waals surface area contributed by atoms with Crippen LogP contribution in [0.25, 0.3) is 0 Å². The lowest BCUT2D eigenvalue weighted by Crippen LogP contribution is -2.26. The fourth-order valence-electron chi connectivity index (χ4n) is 2.11. The number of ether oxygens (including phenoxy) is 2. The highest BCUT2D eigenvalue weighted by atomic mass is 16.5. The standard InChI is InChI=1S/C15H15NO4/c1-9-11(7-10-5-4-6-16-8-10)13(18)15(20-3)14(19-2)12(9)17/h4-6,8H,7H2,1-3H3. The number of ketones is 2. The minimum Gasteiger partial charge on any atom is -0.489 e. The van der Waals surface area contributed by atoms with Crippen LogP contribution in [-0.2, 0) is 25.5 Å². The second kappa shape index (κ2) is 5.69. The summed E-state index contributed by atoms with van der Waals surface area (Å²) in [6.45, 7) is 1.62. The summed E-state index contributed by atoms with van der Waals surface area (Å²) >= 11 is 0. The first-order valence-corrected chi connectivity index (χ1v) is 6.10. The van der Waals surface area contributed by atoms with Gasteiger partial charge < -0.3 is 9.47 Å². The van der Waals surface area contributed by atoms with Crippen molar-refractivity contribution in [1.29, 1.82) is 0 Å². The number of rotatable bonds is 4. The van der Waals surface area contributed by atoms with Gasteiger partial charge in [-0.05, 0) is 18.6 Å². The van der Waals surface area contributed by atoms with Crippen molar-refractivity contribution in [3.63, 3.8) is 0 Å². The molecule has 0 saturated heterocycles. The molecule has 20 heavy (non-hydrogen) atoms. The van der Waals surface area contributed by atoms with Gasteiger partial charge in [-0.15, -0.1) is 0 Å². The third-order valence-electron chi connectivity index (χ3n) is 3.20. The van der Waals surface area contributed by atoms with E-state index in [1.165, 1.54) is 14.2 Å². The number of carbonyl (C=O) groups is 2. The van der Waals surface area contributed by atoms with Crippen molar-refractivity contribution >= 4 is 11.6 Å². The predicted molar refractivity (Wildman–Crippen MR) is 71.7 cm³/mol. The molecule has 0 fully saturated rings. The molecule has 0 atom stereocenters. The highest BCUT2D eigenvalue weighted by molar-refractivity contribution is 6.23. The lowest BCUT2D eigenvalue weighted by molar-refractivity contribution is -0.121. The molecule has 0 aliphatic heterocycles. The number of nitrogens with zero attached hydrogens (tertiary/aromatic N) is 1. The topological polar surface area (TPSA) is 65.5 Å². The van der Waals surface area contributed by atoms with Gasteiger partial charge in [0.1, 0.15) is 0 Å². The SMILES string of the molecule is COC1=C(OC)C(=O)C(Cc2cccnc2)=C(C)C1=O. The Balaban J connectivity index is 2.41. The molecule has 1 aliphatic carbocycles. The average molecular weight is 273 g/mol. The largest absolute Gasteiger partial charge is 0.489 e. The summed E-state index contributed by atoms with van der Waals surface area (Å²) in [4.78, 5) is 28.6. The van der Waals surface area contributed by atoms with Crippen LogP contribution in [-0.4, -0.2) is 30.8 Å². The Morgan fingerprint density at radius 2 is 1.75 bits per heavy atom. The molecule has 5 nitrogen and oxygen atoms in total. The zero-order valence-electron chi connectivity index (χ0n) is 11.6. The molecular weight excluding hydrogens is 258 g/mol. The quantitative estimate of drug-likeness (QED) is 0.779. The van der Waals surface area contributed by atoms with Gasteiger partial charge in [-0.25, -0.2) is 0 Å². The van der Waals surface area contributed by atoms with E-state index in [0.29, 0.717) is 17.6 Å². The lowest BCUT2D eigenvalue weighted by Gasteiger charge is -2.20. The summed E-state index contributed by atoms with van der Waals surface area (Å²) in [5.41, 5.74) is 1.66. The second-order valence-electron chi connectivity index (χ2n) is 4.37. The van der Waals surface area contributed by atoms with Crippen LogP contribution in [0.5, 0.6) is 0 Å². The normalized spacial score (nSPS) is 15.8. The Hall–Kier alpha value is -2.43. The summed E-state index contributed by atoms with van der Waals surface area (Å²) in [6, 6.07) is 3.64. The number of hydrogen-bond acceptors (Lipinski definition) is 5. The molecule has 0 spiro atoms. The Bertz CT molecular complexity index is 614. The third kappa shape index (κ3) is 2.34. The van der Waals surface area contributed by atoms with E-state index in [-0.39, 0.29) is 23.1 Å². The molecule has 0 N–H and O–H groups in total. The first kappa shape index (κ1) is 14.0. The van der Waals surface area contributed by atoms with E-state index < -0.39 is 0 Å². The fourth-order valence-corrected chi connectivity index (χ4v) is 2.11. The molecule has 1 aromatic heterocycles. The fraction of sp³-hybridized carbons (Fsp3) is 0.267. The van der Waals surface area contributed by atoms with Crippen LogP contribution in [0.2, 0.25) is 0 Å². The zero-order chi connectivity index (χ0) is 14.7. The van der Waals surface area contributed by atoms with Gasteiger partial charge in [0.2, 0.25) is 23.1 Å². The van der Waals surface area contributed by atoms with E-state index in [4.69, 9.17) is 9.47 Å². The number of aromatic nitrogens is 1. The van der Waals surface area contributed by atoms with E-state index in [1.54, 1.807) is 25.4 Å². The van der Waals surface area contributed by atoms with Crippen LogP contribution in [0.1, 0.15) is 12.5 Å². The van der Waals surface area contributed by atoms with Gasteiger partial charge >= 0.3 is 0 Å². The number of Topliss-reactive ketones (excluding diaryl/α,β-unsaturated/α-hetero) is 2. The maximum Gasteiger partial charge on any atom is 0.228 e. The summed E-state index contributed by atoms with van der Waals surface area (Å²) in [6.07, 6.45) is 3.66. The monoisotopic (exact) mass is 273 g/mol. The van der Waals surface area contributed by atoms with Crippen molar-refractivity contribution < 1.29 is 19.1 Å². The van der Waals surface area contributed by atoms with E-state index in [2.05, 4.69) is 4.98 Å². The number of pyridine rings is 1. The molecule has 1 heterocycles. The first-order chi connectivity index (χ1) is 9.60. The Labute approximate surface area is 116 Å². The van der Waals surface area contributed by atoms with Crippen LogP contribution < -0.4 is 0 Å². The van der Waals surface area contributed by atoms with Crippen LogP contribution >= 0.6 is 0 Å². The van der Waals surface area contributed by atoms with Crippen molar-refractivity contribution in [3.05, 3.63) is 52.8 Å². The summed E-state index contributed by atoms with van der Waals surface area (Å²) in [5, 5.41) is 0. The third-order valence-corrected chi connectivity index (χ3v) is 3.20. The molecule has 5 heteroatoms. The van der Waals surface area contributed by atoms with Gasteiger partial charge in [0.05, 0.1) is 14.2 Å². The molecule has 0 unspecified atom stereocenters. The van der Waals surface area contributed by atoms with Crippen molar-refractivity contribution in [2.24, 2.45) is 0 Å². The molecule has 2 rings (SSSR count). The Morgan fingerprint density at radius 3 is 2.30 bits per heavy atom. The smallest absolute Gasteiger partial charge is 0.228 e. The minimum atomic E-state index is -0.317. The maximum atomic E-state index is 12.4. The van der Waals surface area contributed by atoms with E-state index in [1.807, 2.05) is 6.07 Å². The number of methoxy groups -OCH3 is 2. The first-order valence-electron chi connectivity index (χ1n) is 6.10. The number of allylic oxidation sites excluding steroid dienone is 2. The highest BCUT2D eigenvalue weighted by Crippen LogP contribution is 2.27. The van der Waals surface area contributed by atoms with Crippen molar-refractivity contribution in [1.82, 2.24) is 4.98 Å². The van der Waals surface area contributed by atoms with E-state index in [9.17, 15) is 9.59 Å². The maximum absolute atomic E-state index is 12.4. The number of hydrogen-bond donors (Lipinski definition) is 0. The predicted octanol–water partition coefficient (Wildman–Crippen LogP) is 1.60. The minimum absolute atomic E-state index is 0.0371. The molecule has 0 aromatic carbocycles. The average Bonchev–Trinajstić information content (AvgIpc) is 2.48. The van der Waals surface area contributed by atoms with Gasteiger partial charge in [0.25, 0.3) is 0 Å². The van der Waals surface area contributed by atoms with Gasteiger partial charge in [-0.1, -0.05) is 6.07 Å². The number of carbonyl (C=O) groups excluding carboxylic acids is 2. The molecule has 1 aliphatic rings. The molecule has 0 bridgehead atoms. The van der Waals surface area contributed by atoms with E-state index in [0.717, 1.165) is 5.56 Å². The lowest BCUT2D eigenvalue weighted by atomic mass is 9.89.